The van der Waals surface area contributed by atoms with Crippen molar-refractivity contribution in [2.24, 2.45) is 0 Å². The van der Waals surface area contributed by atoms with Gasteiger partial charge in [0.2, 0.25) is 10.3 Å². The highest BCUT2D eigenvalue weighted by Gasteiger charge is 2.15. The van der Waals surface area contributed by atoms with E-state index in [1.807, 2.05) is 12.3 Å². The van der Waals surface area contributed by atoms with Crippen LogP contribution in [0.5, 0.6) is 5.75 Å². The van der Waals surface area contributed by atoms with E-state index in [-0.39, 0.29) is 16.3 Å². The largest absolute Gasteiger partial charge is 0.421 e. The first-order valence-corrected chi connectivity index (χ1v) is 11.1. The molecule has 0 saturated heterocycles. The number of nitrogens with zero attached hydrogens (tertiary/aromatic N) is 3. The van der Waals surface area contributed by atoms with E-state index in [1.165, 1.54) is 41.3 Å². The number of thiophene rings is 1. The number of hydrogen-bond acceptors (Lipinski definition) is 9. The second-order valence-corrected chi connectivity index (χ2v) is 8.15. The summed E-state index contributed by atoms with van der Waals surface area (Å²) in [6.07, 6.45) is 3.20. The highest BCUT2D eigenvalue weighted by molar-refractivity contribution is 7.98. The number of halogens is 1. The molecule has 1 amide bonds. The average Bonchev–Trinajstić information content (AvgIpc) is 3.40. The lowest BCUT2D eigenvalue weighted by Crippen LogP contribution is -2.13. The maximum atomic E-state index is 12.3. The van der Waals surface area contributed by atoms with Gasteiger partial charge in [-0.25, -0.2) is 4.79 Å². The average molecular weight is 463 g/mol. The fourth-order valence-corrected chi connectivity index (χ4v) is 4.01. The van der Waals surface area contributed by atoms with Gasteiger partial charge in [-0.2, -0.15) is 14.6 Å². The Hall–Kier alpha value is -2.71. The van der Waals surface area contributed by atoms with E-state index in [0.717, 1.165) is 11.5 Å². The van der Waals surface area contributed by atoms with Crippen LogP contribution in [-0.2, 0) is 4.79 Å². The Morgan fingerprint density at radius 2 is 2.21 bits per heavy atom. The number of carbonyl (C=O) groups is 2. The van der Waals surface area contributed by atoms with Crippen molar-refractivity contribution in [3.63, 3.8) is 0 Å². The topological polar surface area (TPSA) is 105 Å². The maximum absolute atomic E-state index is 12.3. The quantitative estimate of drug-likeness (QED) is 0.185. The fourth-order valence-electron chi connectivity index (χ4n) is 2.06. The number of anilines is 1. The van der Waals surface area contributed by atoms with Gasteiger partial charge < -0.3 is 4.74 Å². The first kappa shape index (κ1) is 21.0. The molecule has 0 aliphatic rings. The Kier molecular flexibility index (Phi) is 7.00. The van der Waals surface area contributed by atoms with E-state index in [0.29, 0.717) is 20.7 Å². The van der Waals surface area contributed by atoms with Gasteiger partial charge in [0, 0.05) is 11.5 Å². The fraction of sp³-hybridized carbons (Fsp3) is 0.0556. The second kappa shape index (κ2) is 9.67. The van der Waals surface area contributed by atoms with Crippen LogP contribution in [0.2, 0.25) is 5.02 Å². The number of rotatable bonds is 6. The van der Waals surface area contributed by atoms with Crippen LogP contribution in [0.4, 0.5) is 5.13 Å². The summed E-state index contributed by atoms with van der Waals surface area (Å²) < 4.78 is 9.31. The van der Waals surface area contributed by atoms with Crippen LogP contribution in [0.3, 0.4) is 0 Å². The van der Waals surface area contributed by atoms with Crippen LogP contribution in [0.15, 0.2) is 46.4 Å². The summed E-state index contributed by atoms with van der Waals surface area (Å²) in [7, 11) is 0. The number of thioether (sulfide) groups is 1. The molecule has 1 N–H and O–H groups in total. The number of amides is 1. The molecule has 146 valence electrons. The van der Waals surface area contributed by atoms with Crippen molar-refractivity contribution < 1.29 is 14.3 Å². The molecule has 0 aliphatic heterocycles. The smallest absolute Gasteiger partial charge is 0.353 e. The molecule has 7 nitrogen and oxygen atoms in total. The molecular formula is C18H11ClN4O3S3. The molecule has 0 saturated carbocycles. The minimum Gasteiger partial charge on any atom is -0.421 e. The summed E-state index contributed by atoms with van der Waals surface area (Å²) in [4.78, 5) is 28.9. The summed E-state index contributed by atoms with van der Waals surface area (Å²) in [6, 6.07) is 9.83. The minimum absolute atomic E-state index is 0.134. The number of ether oxygens (including phenoxy) is 1. The monoisotopic (exact) mass is 462 g/mol. The molecule has 0 fully saturated rings. The number of hydrogen-bond donors (Lipinski definition) is 1. The van der Waals surface area contributed by atoms with E-state index < -0.39 is 11.9 Å². The second-order valence-electron chi connectivity index (χ2n) is 5.27. The summed E-state index contributed by atoms with van der Waals surface area (Å²) in [5.74, 6) is -0.937. The van der Waals surface area contributed by atoms with Gasteiger partial charge in [-0.3, -0.25) is 10.1 Å². The molecule has 29 heavy (non-hydrogen) atoms. The van der Waals surface area contributed by atoms with Crippen LogP contribution in [0.25, 0.3) is 6.08 Å². The first-order chi connectivity index (χ1) is 14.0. The normalized spacial score (nSPS) is 11.0. The summed E-state index contributed by atoms with van der Waals surface area (Å²) in [5, 5.41) is 14.6. The highest BCUT2D eigenvalue weighted by Crippen LogP contribution is 2.28. The molecule has 2 heterocycles. The zero-order chi connectivity index (χ0) is 20.8. The van der Waals surface area contributed by atoms with Crippen LogP contribution < -0.4 is 10.1 Å². The van der Waals surface area contributed by atoms with Crippen LogP contribution >= 0.6 is 46.2 Å². The van der Waals surface area contributed by atoms with Crippen LogP contribution in [0, 0.1) is 11.3 Å². The third-order valence-corrected chi connectivity index (χ3v) is 5.81. The number of nitriles is 1. The molecule has 0 bridgehead atoms. The Labute approximate surface area is 183 Å². The number of carbonyl (C=O) groups excluding carboxylic acids is 2. The summed E-state index contributed by atoms with van der Waals surface area (Å²) in [5.41, 5.74) is 0.366. The van der Waals surface area contributed by atoms with Crippen molar-refractivity contribution in [3.8, 4) is 11.8 Å². The number of benzene rings is 1. The lowest BCUT2D eigenvalue weighted by molar-refractivity contribution is -0.112. The third-order valence-electron chi connectivity index (χ3n) is 3.37. The molecule has 11 heteroatoms. The van der Waals surface area contributed by atoms with Gasteiger partial charge in [0.1, 0.15) is 22.3 Å². The number of esters is 1. The lowest BCUT2D eigenvalue weighted by Gasteiger charge is -2.06. The van der Waals surface area contributed by atoms with Gasteiger partial charge in [-0.1, -0.05) is 35.5 Å². The molecule has 1 aromatic carbocycles. The lowest BCUT2D eigenvalue weighted by atomic mass is 10.1. The zero-order valence-corrected chi connectivity index (χ0v) is 17.9. The Morgan fingerprint density at radius 1 is 1.38 bits per heavy atom. The number of aromatic nitrogens is 2. The predicted molar refractivity (Wildman–Crippen MR) is 115 cm³/mol. The molecule has 3 rings (SSSR count). The highest BCUT2D eigenvalue weighted by atomic mass is 35.5. The van der Waals surface area contributed by atoms with Crippen molar-refractivity contribution in [3.05, 3.63) is 56.7 Å². The SMILES string of the molecule is CSc1nsc(NC(=O)/C(C#N)=C\c2ccc(OC(=O)c3cccs3)c(Cl)c2)n1. The molecular weight excluding hydrogens is 452 g/mol. The first-order valence-electron chi connectivity index (χ1n) is 7.86. The minimum atomic E-state index is -0.611. The standard InChI is InChI=1S/C18H11ClN4O3S3/c1-27-18-22-17(29-23-18)21-15(24)11(9-20)7-10-4-5-13(12(19)8-10)26-16(25)14-3-2-6-28-14/h2-8H,1H3,(H,21,22,23,24)/b11-7-. The van der Waals surface area contributed by atoms with Crippen LogP contribution in [0.1, 0.15) is 15.2 Å². The van der Waals surface area contributed by atoms with Gasteiger partial charge in [0.05, 0.1) is 5.02 Å². The van der Waals surface area contributed by atoms with E-state index in [4.69, 9.17) is 16.3 Å². The maximum Gasteiger partial charge on any atom is 0.353 e. The van der Waals surface area contributed by atoms with Crippen molar-refractivity contribution >= 4 is 69.3 Å². The van der Waals surface area contributed by atoms with Gasteiger partial charge in [0.15, 0.2) is 0 Å². The van der Waals surface area contributed by atoms with E-state index in [1.54, 1.807) is 23.6 Å². The Balaban J connectivity index is 1.73. The van der Waals surface area contributed by atoms with Crippen molar-refractivity contribution in [2.45, 2.75) is 5.16 Å². The number of nitrogens with one attached hydrogen (secondary N) is 1. The summed E-state index contributed by atoms with van der Waals surface area (Å²) >= 11 is 9.82. The molecule has 3 aromatic rings. The van der Waals surface area contributed by atoms with Gasteiger partial charge in [0.25, 0.3) is 5.91 Å². The van der Waals surface area contributed by atoms with E-state index in [9.17, 15) is 14.9 Å². The van der Waals surface area contributed by atoms with Gasteiger partial charge in [-0.15, -0.1) is 11.3 Å². The molecule has 0 unspecified atom stereocenters. The van der Waals surface area contributed by atoms with E-state index >= 15 is 0 Å². The van der Waals surface area contributed by atoms with Crippen molar-refractivity contribution in [1.82, 2.24) is 9.36 Å². The molecule has 0 radical (unpaired) electrons. The van der Waals surface area contributed by atoms with Crippen molar-refractivity contribution in [2.75, 3.05) is 11.6 Å². The summed E-state index contributed by atoms with van der Waals surface area (Å²) in [6.45, 7) is 0. The predicted octanol–water partition coefficient (Wildman–Crippen LogP) is 4.74. The van der Waals surface area contributed by atoms with Crippen molar-refractivity contribution in [1.29, 1.82) is 5.26 Å². The van der Waals surface area contributed by atoms with E-state index in [2.05, 4.69) is 14.7 Å². The van der Waals surface area contributed by atoms with Gasteiger partial charge in [-0.05, 0) is 41.5 Å². The van der Waals surface area contributed by atoms with Crippen LogP contribution in [-0.4, -0.2) is 27.5 Å². The Morgan fingerprint density at radius 3 is 2.83 bits per heavy atom. The molecule has 0 atom stereocenters. The molecule has 0 aliphatic carbocycles. The Bertz CT molecular complexity index is 1120. The zero-order valence-electron chi connectivity index (χ0n) is 14.7. The molecule has 0 spiro atoms. The molecule has 2 aromatic heterocycles. The third kappa shape index (κ3) is 5.42. The van der Waals surface area contributed by atoms with Gasteiger partial charge >= 0.3 is 5.97 Å².